The van der Waals surface area contributed by atoms with E-state index in [-0.39, 0.29) is 0 Å². The van der Waals surface area contributed by atoms with Gasteiger partial charge in [-0.1, -0.05) is 20.8 Å². The molecule has 0 aliphatic heterocycles. The van der Waals surface area contributed by atoms with Crippen LogP contribution in [0.1, 0.15) is 26.3 Å². The standard InChI is InChI=1S/C10H17N3/c1-10(2,3)7-11-4-9-5-12-8-13-6-9/h5-6,8,11H,4,7H2,1-3H3. The molecule has 1 N–H and O–H groups in total. The molecule has 0 aliphatic rings. The number of nitrogens with one attached hydrogen (secondary N) is 1. The zero-order chi connectivity index (χ0) is 9.73. The van der Waals surface area contributed by atoms with Gasteiger partial charge in [-0.05, 0) is 5.41 Å². The fourth-order valence-electron chi connectivity index (χ4n) is 1.00. The Morgan fingerprint density at radius 1 is 1.23 bits per heavy atom. The van der Waals surface area contributed by atoms with Crippen LogP contribution >= 0.6 is 0 Å². The molecule has 1 aromatic rings. The average Bonchev–Trinajstić information content (AvgIpc) is 2.04. The van der Waals surface area contributed by atoms with Crippen molar-refractivity contribution in [1.82, 2.24) is 15.3 Å². The first-order chi connectivity index (χ1) is 6.08. The van der Waals surface area contributed by atoms with Crippen LogP contribution in [-0.4, -0.2) is 16.5 Å². The molecule has 72 valence electrons. The third-order valence-electron chi connectivity index (χ3n) is 1.60. The lowest BCUT2D eigenvalue weighted by Crippen LogP contribution is -2.26. The third kappa shape index (κ3) is 4.58. The lowest BCUT2D eigenvalue weighted by atomic mass is 9.97. The maximum Gasteiger partial charge on any atom is 0.115 e. The predicted molar refractivity (Wildman–Crippen MR) is 53.2 cm³/mol. The molecule has 13 heavy (non-hydrogen) atoms. The molecule has 0 aromatic carbocycles. The highest BCUT2D eigenvalue weighted by atomic mass is 14.9. The van der Waals surface area contributed by atoms with Crippen molar-refractivity contribution in [3.63, 3.8) is 0 Å². The highest BCUT2D eigenvalue weighted by molar-refractivity contribution is 5.01. The molecule has 3 heteroatoms. The summed E-state index contributed by atoms with van der Waals surface area (Å²) in [7, 11) is 0. The van der Waals surface area contributed by atoms with E-state index in [0.717, 1.165) is 18.7 Å². The van der Waals surface area contributed by atoms with Crippen LogP contribution in [0.15, 0.2) is 18.7 Å². The molecule has 0 fully saturated rings. The molecule has 0 atom stereocenters. The summed E-state index contributed by atoms with van der Waals surface area (Å²) >= 11 is 0. The SMILES string of the molecule is CC(C)(C)CNCc1cncnc1. The van der Waals surface area contributed by atoms with Crippen LogP contribution in [0.5, 0.6) is 0 Å². The number of hydrogen-bond donors (Lipinski definition) is 1. The number of aromatic nitrogens is 2. The van der Waals surface area contributed by atoms with E-state index in [1.165, 1.54) is 0 Å². The van der Waals surface area contributed by atoms with E-state index in [9.17, 15) is 0 Å². The summed E-state index contributed by atoms with van der Waals surface area (Å²) in [6, 6.07) is 0. The second-order valence-corrected chi connectivity index (χ2v) is 4.41. The molecule has 1 rings (SSSR count). The van der Waals surface area contributed by atoms with Crippen molar-refractivity contribution in [3.8, 4) is 0 Å². The van der Waals surface area contributed by atoms with Gasteiger partial charge < -0.3 is 5.32 Å². The Kier molecular flexibility index (Phi) is 3.37. The Bertz CT molecular complexity index is 238. The normalized spacial score (nSPS) is 11.6. The van der Waals surface area contributed by atoms with Crippen molar-refractivity contribution < 1.29 is 0 Å². The molecule has 0 bridgehead atoms. The van der Waals surface area contributed by atoms with E-state index in [1.807, 2.05) is 12.4 Å². The van der Waals surface area contributed by atoms with Gasteiger partial charge >= 0.3 is 0 Å². The highest BCUT2D eigenvalue weighted by Crippen LogP contribution is 2.10. The van der Waals surface area contributed by atoms with E-state index in [2.05, 4.69) is 36.1 Å². The minimum Gasteiger partial charge on any atom is -0.312 e. The Morgan fingerprint density at radius 2 is 1.85 bits per heavy atom. The summed E-state index contributed by atoms with van der Waals surface area (Å²) in [5, 5.41) is 3.36. The summed E-state index contributed by atoms with van der Waals surface area (Å²) in [6.07, 6.45) is 5.22. The quantitative estimate of drug-likeness (QED) is 0.766. The van der Waals surface area contributed by atoms with Crippen LogP contribution in [0.4, 0.5) is 0 Å². The predicted octanol–water partition coefficient (Wildman–Crippen LogP) is 1.61. The third-order valence-corrected chi connectivity index (χ3v) is 1.60. The van der Waals surface area contributed by atoms with Gasteiger partial charge in [0.25, 0.3) is 0 Å². The van der Waals surface area contributed by atoms with Gasteiger partial charge in [0, 0.05) is 31.0 Å². The van der Waals surface area contributed by atoms with Gasteiger partial charge in [0.15, 0.2) is 0 Å². The molecule has 1 aromatic heterocycles. The second-order valence-electron chi connectivity index (χ2n) is 4.41. The lowest BCUT2D eigenvalue weighted by molar-refractivity contribution is 0.379. The molecule has 0 radical (unpaired) electrons. The van der Waals surface area contributed by atoms with Crippen molar-refractivity contribution >= 4 is 0 Å². The van der Waals surface area contributed by atoms with Gasteiger partial charge in [-0.3, -0.25) is 0 Å². The van der Waals surface area contributed by atoms with Crippen molar-refractivity contribution in [1.29, 1.82) is 0 Å². The minimum atomic E-state index is 0.329. The fourth-order valence-corrected chi connectivity index (χ4v) is 1.00. The van der Waals surface area contributed by atoms with Crippen molar-refractivity contribution in [2.75, 3.05) is 6.54 Å². The molecular weight excluding hydrogens is 162 g/mol. The molecule has 0 unspecified atom stereocenters. The zero-order valence-electron chi connectivity index (χ0n) is 8.54. The lowest BCUT2D eigenvalue weighted by Gasteiger charge is -2.18. The smallest absolute Gasteiger partial charge is 0.115 e. The Hall–Kier alpha value is -0.960. The zero-order valence-corrected chi connectivity index (χ0v) is 8.54. The van der Waals surface area contributed by atoms with Crippen LogP contribution in [0, 0.1) is 5.41 Å². The summed E-state index contributed by atoms with van der Waals surface area (Å²) in [5.74, 6) is 0. The monoisotopic (exact) mass is 179 g/mol. The van der Waals surface area contributed by atoms with Crippen LogP contribution in [0.2, 0.25) is 0 Å². The van der Waals surface area contributed by atoms with Crippen molar-refractivity contribution in [2.24, 2.45) is 5.41 Å². The average molecular weight is 179 g/mol. The molecule has 1 heterocycles. The first-order valence-electron chi connectivity index (χ1n) is 4.52. The number of nitrogens with zero attached hydrogens (tertiary/aromatic N) is 2. The second kappa shape index (κ2) is 4.33. The topological polar surface area (TPSA) is 37.8 Å². The Labute approximate surface area is 79.6 Å². The highest BCUT2D eigenvalue weighted by Gasteiger charge is 2.08. The van der Waals surface area contributed by atoms with Gasteiger partial charge in [-0.2, -0.15) is 0 Å². The molecular formula is C10H17N3. The van der Waals surface area contributed by atoms with Gasteiger partial charge in [-0.15, -0.1) is 0 Å². The first kappa shape index (κ1) is 10.1. The summed E-state index contributed by atoms with van der Waals surface area (Å²) in [6.45, 7) is 8.48. The first-order valence-corrected chi connectivity index (χ1v) is 4.52. The minimum absolute atomic E-state index is 0.329. The summed E-state index contributed by atoms with van der Waals surface area (Å²) < 4.78 is 0. The summed E-state index contributed by atoms with van der Waals surface area (Å²) in [5.41, 5.74) is 1.46. The number of hydrogen-bond acceptors (Lipinski definition) is 3. The Morgan fingerprint density at radius 3 is 2.38 bits per heavy atom. The largest absolute Gasteiger partial charge is 0.312 e. The fraction of sp³-hybridized carbons (Fsp3) is 0.600. The van der Waals surface area contributed by atoms with Crippen molar-refractivity contribution in [2.45, 2.75) is 27.3 Å². The molecule has 0 aliphatic carbocycles. The van der Waals surface area contributed by atoms with E-state index in [0.29, 0.717) is 5.41 Å². The van der Waals surface area contributed by atoms with Crippen LogP contribution in [0.25, 0.3) is 0 Å². The molecule has 0 saturated carbocycles. The molecule has 0 saturated heterocycles. The van der Waals surface area contributed by atoms with Crippen LogP contribution < -0.4 is 5.32 Å². The van der Waals surface area contributed by atoms with Gasteiger partial charge in [0.1, 0.15) is 6.33 Å². The summed E-state index contributed by atoms with van der Waals surface area (Å²) in [4.78, 5) is 7.90. The molecule has 0 spiro atoms. The van der Waals surface area contributed by atoms with E-state index in [1.54, 1.807) is 6.33 Å². The van der Waals surface area contributed by atoms with Gasteiger partial charge in [0.05, 0.1) is 0 Å². The van der Waals surface area contributed by atoms with Gasteiger partial charge in [-0.25, -0.2) is 9.97 Å². The van der Waals surface area contributed by atoms with E-state index in [4.69, 9.17) is 0 Å². The van der Waals surface area contributed by atoms with Crippen LogP contribution in [-0.2, 0) is 6.54 Å². The maximum atomic E-state index is 3.95. The van der Waals surface area contributed by atoms with E-state index >= 15 is 0 Å². The molecule has 3 nitrogen and oxygen atoms in total. The molecule has 0 amide bonds. The Balaban J connectivity index is 2.29. The van der Waals surface area contributed by atoms with Crippen LogP contribution in [0.3, 0.4) is 0 Å². The van der Waals surface area contributed by atoms with Crippen molar-refractivity contribution in [3.05, 3.63) is 24.3 Å². The number of rotatable bonds is 3. The maximum absolute atomic E-state index is 3.95. The van der Waals surface area contributed by atoms with E-state index < -0.39 is 0 Å². The van der Waals surface area contributed by atoms with Gasteiger partial charge in [0.2, 0.25) is 0 Å².